The summed E-state index contributed by atoms with van der Waals surface area (Å²) in [7, 11) is 7.91. The molecule has 0 aromatic carbocycles. The second-order valence-electron chi connectivity index (χ2n) is 5.76. The molecule has 1 aliphatic rings. The molecule has 4 nitrogen and oxygen atoms in total. The topological polar surface area (TPSA) is 26.8 Å². The maximum atomic E-state index is 11.9. The van der Waals surface area contributed by atoms with Gasteiger partial charge in [0.2, 0.25) is 0 Å². The molecule has 0 saturated carbocycles. The second-order valence-corrected chi connectivity index (χ2v) is 5.76. The maximum Gasteiger partial charge on any atom is 0.319 e. The van der Waals surface area contributed by atoms with Crippen molar-refractivity contribution in [2.24, 2.45) is 5.41 Å². The van der Waals surface area contributed by atoms with Gasteiger partial charge in [0.25, 0.3) is 0 Å². The van der Waals surface area contributed by atoms with E-state index < -0.39 is 0 Å². The van der Waals surface area contributed by atoms with Crippen molar-refractivity contribution in [3.63, 3.8) is 0 Å². The Kier molecular flexibility index (Phi) is 8.07. The third-order valence-electron chi connectivity index (χ3n) is 3.88. The zero-order valence-electron chi connectivity index (χ0n) is 14.0. The van der Waals surface area contributed by atoms with Crippen molar-refractivity contribution in [3.05, 3.63) is 0 Å². The van der Waals surface area contributed by atoms with Crippen LogP contribution in [0, 0.1) is 5.41 Å². The normalized spacial score (nSPS) is 17.8. The molecule has 1 aliphatic heterocycles. The summed E-state index contributed by atoms with van der Waals surface area (Å²) in [6.45, 7) is 9.21. The highest BCUT2D eigenvalue weighted by Crippen LogP contribution is 2.35. The van der Waals surface area contributed by atoms with E-state index in [0.717, 1.165) is 32.5 Å². The number of carbonyl (C=O) groups is 1. The molecule has 4 heteroatoms. The Morgan fingerprint density at radius 2 is 1.58 bits per heavy atom. The van der Waals surface area contributed by atoms with Gasteiger partial charge in [-0.25, -0.2) is 4.79 Å². The van der Waals surface area contributed by atoms with Crippen LogP contribution >= 0.6 is 0 Å². The van der Waals surface area contributed by atoms with E-state index in [2.05, 4.69) is 25.9 Å². The molecule has 1 fully saturated rings. The minimum atomic E-state index is 0.152. The monoisotopic (exact) mass is 271 g/mol. The fourth-order valence-corrected chi connectivity index (χ4v) is 2.75. The Hall–Kier alpha value is -0.770. The Bertz CT molecular complexity index is 256. The van der Waals surface area contributed by atoms with Gasteiger partial charge in [-0.15, -0.1) is 0 Å². The number of rotatable bonds is 3. The lowest BCUT2D eigenvalue weighted by atomic mass is 9.76. The van der Waals surface area contributed by atoms with Gasteiger partial charge in [-0.05, 0) is 38.8 Å². The first-order valence-corrected chi connectivity index (χ1v) is 7.51. The third-order valence-corrected chi connectivity index (χ3v) is 3.88. The van der Waals surface area contributed by atoms with E-state index in [1.54, 1.807) is 4.90 Å². The van der Waals surface area contributed by atoms with Crippen LogP contribution in [0.3, 0.4) is 0 Å². The van der Waals surface area contributed by atoms with Crippen LogP contribution in [0.15, 0.2) is 0 Å². The van der Waals surface area contributed by atoms with E-state index in [9.17, 15) is 4.79 Å². The maximum absolute atomic E-state index is 11.9. The van der Waals surface area contributed by atoms with Gasteiger partial charge in [-0.3, -0.25) is 0 Å². The quantitative estimate of drug-likeness (QED) is 0.789. The van der Waals surface area contributed by atoms with Gasteiger partial charge in [0.1, 0.15) is 0 Å². The standard InChI is InChI=1S/C13H27N3O.C2H6/c1-6-13(11-14(2)3)7-9-16(10-8-13)12(17)15(4)5;1-2/h6-11H2,1-5H3;1-2H3. The van der Waals surface area contributed by atoms with Gasteiger partial charge in [0.15, 0.2) is 0 Å². The van der Waals surface area contributed by atoms with Crippen LogP contribution in [0.4, 0.5) is 4.79 Å². The molecular weight excluding hydrogens is 238 g/mol. The number of nitrogens with zero attached hydrogens (tertiary/aromatic N) is 3. The van der Waals surface area contributed by atoms with Crippen molar-refractivity contribution in [1.82, 2.24) is 14.7 Å². The average molecular weight is 271 g/mol. The fourth-order valence-electron chi connectivity index (χ4n) is 2.75. The van der Waals surface area contributed by atoms with Crippen molar-refractivity contribution < 1.29 is 4.79 Å². The van der Waals surface area contributed by atoms with Crippen LogP contribution in [-0.4, -0.2) is 68.6 Å². The molecule has 1 heterocycles. The van der Waals surface area contributed by atoms with Crippen molar-refractivity contribution in [1.29, 1.82) is 0 Å². The summed E-state index contributed by atoms with van der Waals surface area (Å²) < 4.78 is 0. The van der Waals surface area contributed by atoms with Crippen LogP contribution in [-0.2, 0) is 0 Å². The largest absolute Gasteiger partial charge is 0.331 e. The summed E-state index contributed by atoms with van der Waals surface area (Å²) in [5.74, 6) is 0. The summed E-state index contributed by atoms with van der Waals surface area (Å²) in [4.78, 5) is 17.8. The minimum Gasteiger partial charge on any atom is -0.331 e. The number of carbonyl (C=O) groups excluding carboxylic acids is 1. The molecule has 1 rings (SSSR count). The molecule has 0 spiro atoms. The van der Waals surface area contributed by atoms with Gasteiger partial charge in [-0.2, -0.15) is 0 Å². The molecule has 0 bridgehead atoms. The van der Waals surface area contributed by atoms with Gasteiger partial charge in [0, 0.05) is 33.7 Å². The SMILES string of the molecule is CC.CCC1(CN(C)C)CCN(C(=O)N(C)C)CC1. The highest BCUT2D eigenvalue weighted by atomic mass is 16.2. The second kappa shape index (κ2) is 8.41. The lowest BCUT2D eigenvalue weighted by Crippen LogP contribution is -2.49. The van der Waals surface area contributed by atoms with Crippen molar-refractivity contribution in [3.8, 4) is 0 Å². The Balaban J connectivity index is 0.00000154. The Morgan fingerprint density at radius 3 is 1.89 bits per heavy atom. The highest BCUT2D eigenvalue weighted by molar-refractivity contribution is 5.73. The summed E-state index contributed by atoms with van der Waals surface area (Å²) in [5, 5.41) is 0. The lowest BCUT2D eigenvalue weighted by Gasteiger charge is -2.43. The number of hydrogen-bond donors (Lipinski definition) is 0. The third kappa shape index (κ3) is 5.39. The molecule has 1 saturated heterocycles. The number of hydrogen-bond acceptors (Lipinski definition) is 2. The number of amides is 2. The number of likely N-dealkylation sites (tertiary alicyclic amines) is 1. The molecule has 0 aromatic heterocycles. The first-order valence-electron chi connectivity index (χ1n) is 7.51. The van der Waals surface area contributed by atoms with Crippen LogP contribution < -0.4 is 0 Å². The van der Waals surface area contributed by atoms with Crippen LogP contribution in [0.2, 0.25) is 0 Å². The fraction of sp³-hybridized carbons (Fsp3) is 0.933. The first kappa shape index (κ1) is 18.2. The van der Waals surface area contributed by atoms with Gasteiger partial charge in [0.05, 0.1) is 0 Å². The smallest absolute Gasteiger partial charge is 0.319 e. The van der Waals surface area contributed by atoms with E-state index in [4.69, 9.17) is 0 Å². The molecule has 0 aliphatic carbocycles. The minimum absolute atomic E-state index is 0.152. The van der Waals surface area contributed by atoms with Gasteiger partial charge >= 0.3 is 6.03 Å². The highest BCUT2D eigenvalue weighted by Gasteiger charge is 2.35. The number of piperidine rings is 1. The van der Waals surface area contributed by atoms with E-state index >= 15 is 0 Å². The van der Waals surface area contributed by atoms with E-state index in [1.807, 2.05) is 32.8 Å². The van der Waals surface area contributed by atoms with Crippen molar-refractivity contribution in [2.45, 2.75) is 40.0 Å². The van der Waals surface area contributed by atoms with Crippen molar-refractivity contribution in [2.75, 3.05) is 47.8 Å². The molecule has 19 heavy (non-hydrogen) atoms. The van der Waals surface area contributed by atoms with Crippen LogP contribution in [0.1, 0.15) is 40.0 Å². The molecule has 0 radical (unpaired) electrons. The molecule has 114 valence electrons. The molecule has 0 atom stereocenters. The summed E-state index contributed by atoms with van der Waals surface area (Å²) >= 11 is 0. The molecule has 0 N–H and O–H groups in total. The van der Waals surface area contributed by atoms with E-state index in [-0.39, 0.29) is 6.03 Å². The van der Waals surface area contributed by atoms with E-state index in [0.29, 0.717) is 5.41 Å². The van der Waals surface area contributed by atoms with Crippen LogP contribution in [0.5, 0.6) is 0 Å². The van der Waals surface area contributed by atoms with Gasteiger partial charge in [-0.1, -0.05) is 20.8 Å². The molecule has 0 aromatic rings. The summed E-state index contributed by atoms with van der Waals surface area (Å²) in [6, 6.07) is 0.152. The van der Waals surface area contributed by atoms with E-state index in [1.165, 1.54) is 6.42 Å². The summed E-state index contributed by atoms with van der Waals surface area (Å²) in [6.07, 6.45) is 3.46. The van der Waals surface area contributed by atoms with Crippen LogP contribution in [0.25, 0.3) is 0 Å². The molecule has 2 amide bonds. The first-order chi connectivity index (χ1) is 8.90. The Morgan fingerprint density at radius 1 is 1.11 bits per heavy atom. The zero-order chi connectivity index (χ0) is 15.1. The van der Waals surface area contributed by atoms with Gasteiger partial charge < -0.3 is 14.7 Å². The molecular formula is C15H33N3O. The zero-order valence-corrected chi connectivity index (χ0v) is 14.0. The molecule has 0 unspecified atom stereocenters. The summed E-state index contributed by atoms with van der Waals surface area (Å²) in [5.41, 5.74) is 0.409. The van der Waals surface area contributed by atoms with Crippen molar-refractivity contribution >= 4 is 6.03 Å². The number of urea groups is 1. The predicted molar refractivity (Wildman–Crippen MR) is 82.5 cm³/mol. The average Bonchev–Trinajstić information content (AvgIpc) is 2.40. The lowest BCUT2D eigenvalue weighted by molar-refractivity contribution is 0.0784. The predicted octanol–water partition coefficient (Wildman–Crippen LogP) is 2.75. The Labute approximate surface area is 119 Å².